The summed E-state index contributed by atoms with van der Waals surface area (Å²) in [5.41, 5.74) is 6.16. The number of rotatable bonds is 8. The van der Waals surface area contributed by atoms with Crippen molar-refractivity contribution in [2.45, 2.75) is 52.6 Å². The Morgan fingerprint density at radius 2 is 1.93 bits per heavy atom. The molecule has 5 nitrogen and oxygen atoms in total. The van der Waals surface area contributed by atoms with Gasteiger partial charge in [-0.05, 0) is 61.6 Å². The van der Waals surface area contributed by atoms with Gasteiger partial charge in [0.1, 0.15) is 0 Å². The second-order valence-corrected chi connectivity index (χ2v) is 10.1. The van der Waals surface area contributed by atoms with Crippen molar-refractivity contribution in [3.63, 3.8) is 0 Å². The molecule has 0 saturated heterocycles. The van der Waals surface area contributed by atoms with Crippen molar-refractivity contribution in [3.8, 4) is 0 Å². The summed E-state index contributed by atoms with van der Waals surface area (Å²) in [5.74, 6) is 0.184. The van der Waals surface area contributed by atoms with Gasteiger partial charge in [-0.1, -0.05) is 37.1 Å². The van der Waals surface area contributed by atoms with Gasteiger partial charge in [0, 0.05) is 31.5 Å². The fourth-order valence-corrected chi connectivity index (χ4v) is 5.42. The van der Waals surface area contributed by atoms with E-state index in [-0.39, 0.29) is 5.91 Å². The molecule has 29 heavy (non-hydrogen) atoms. The van der Waals surface area contributed by atoms with Crippen LogP contribution >= 0.6 is 7.52 Å². The Morgan fingerprint density at radius 3 is 2.62 bits per heavy atom. The first-order valence-corrected chi connectivity index (χ1v) is 12.1. The van der Waals surface area contributed by atoms with Crippen LogP contribution in [0.25, 0.3) is 0 Å². The Labute approximate surface area is 174 Å². The zero-order chi connectivity index (χ0) is 21.0. The van der Waals surface area contributed by atoms with Crippen molar-refractivity contribution in [2.75, 3.05) is 23.6 Å². The average Bonchev–Trinajstić information content (AvgIpc) is 2.69. The highest BCUT2D eigenvalue weighted by atomic mass is 31.2. The fourth-order valence-electron chi connectivity index (χ4n) is 3.78. The van der Waals surface area contributed by atoms with E-state index in [1.165, 1.54) is 12.7 Å². The summed E-state index contributed by atoms with van der Waals surface area (Å²) in [6.07, 6.45) is 3.59. The first kappa shape index (κ1) is 21.6. The Kier molecular flexibility index (Phi) is 6.81. The highest BCUT2D eigenvalue weighted by molar-refractivity contribution is 7.59. The summed E-state index contributed by atoms with van der Waals surface area (Å²) in [4.78, 5) is 14.2. The van der Waals surface area contributed by atoms with E-state index in [4.69, 9.17) is 4.52 Å². The van der Waals surface area contributed by atoms with Crippen LogP contribution in [0.1, 0.15) is 48.4 Å². The van der Waals surface area contributed by atoms with E-state index in [0.29, 0.717) is 19.0 Å². The molecule has 0 aliphatic carbocycles. The maximum atomic E-state index is 13.4. The molecule has 1 aliphatic heterocycles. The summed E-state index contributed by atoms with van der Waals surface area (Å²) in [6, 6.07) is 12.0. The molecule has 0 aromatic heterocycles. The quantitative estimate of drug-likeness (QED) is 0.552. The van der Waals surface area contributed by atoms with Crippen LogP contribution in [0.3, 0.4) is 0 Å². The van der Waals surface area contributed by atoms with E-state index >= 15 is 0 Å². The lowest BCUT2D eigenvalue weighted by molar-refractivity contribution is -0.118. The van der Waals surface area contributed by atoms with Gasteiger partial charge in [0.25, 0.3) is 7.52 Å². The maximum absolute atomic E-state index is 13.4. The Bertz CT molecular complexity index is 942. The number of nitrogens with zero attached hydrogens (tertiary/aromatic N) is 1. The van der Waals surface area contributed by atoms with Crippen molar-refractivity contribution in [2.24, 2.45) is 0 Å². The van der Waals surface area contributed by atoms with Crippen LogP contribution in [0.2, 0.25) is 0 Å². The molecule has 1 N–H and O–H groups in total. The molecular formula is C23H31N2O3P. The minimum Gasteiger partial charge on any atom is -0.317 e. The molecule has 156 valence electrons. The van der Waals surface area contributed by atoms with Crippen LogP contribution in [0.15, 0.2) is 36.4 Å². The lowest BCUT2D eigenvalue weighted by atomic mass is 10.00. The molecule has 0 spiro atoms. The first-order valence-electron chi connectivity index (χ1n) is 10.3. The molecule has 6 heteroatoms. The van der Waals surface area contributed by atoms with E-state index in [0.717, 1.165) is 47.5 Å². The van der Waals surface area contributed by atoms with Gasteiger partial charge in [0.15, 0.2) is 0 Å². The minimum absolute atomic E-state index is 0.184. The van der Waals surface area contributed by atoms with Gasteiger partial charge < -0.3 is 14.5 Å². The molecule has 1 amide bonds. The van der Waals surface area contributed by atoms with Crippen LogP contribution in [-0.2, 0) is 26.5 Å². The smallest absolute Gasteiger partial charge is 0.297 e. The average molecular weight is 414 g/mol. The van der Waals surface area contributed by atoms with Gasteiger partial charge in [-0.2, -0.15) is 0 Å². The standard InChI is InChI=1S/C23H31N2O3P/c1-5-6-13-25-22-11-10-21(15-19(22)9-12-23(25)26)24-29(27,28-4)16-20-8-7-17(2)14-18(20)3/h7-8,10-11,14-15H,5-6,9,12-13,16H2,1-4H3,(H,24,27). The van der Waals surface area contributed by atoms with Crippen molar-refractivity contribution < 1.29 is 13.9 Å². The number of nitrogens with one attached hydrogen (secondary N) is 1. The van der Waals surface area contributed by atoms with E-state index in [2.05, 4.69) is 18.1 Å². The van der Waals surface area contributed by atoms with Crippen molar-refractivity contribution >= 4 is 24.8 Å². The van der Waals surface area contributed by atoms with Gasteiger partial charge in [0.05, 0.1) is 6.16 Å². The number of carbonyl (C=O) groups is 1. The highest BCUT2D eigenvalue weighted by Gasteiger charge is 2.26. The summed E-state index contributed by atoms with van der Waals surface area (Å²) >= 11 is 0. The third-order valence-electron chi connectivity index (χ3n) is 5.49. The molecular weight excluding hydrogens is 383 g/mol. The largest absolute Gasteiger partial charge is 0.317 e. The molecule has 0 fully saturated rings. The second-order valence-electron chi connectivity index (χ2n) is 7.80. The number of anilines is 2. The number of hydrogen-bond acceptors (Lipinski definition) is 3. The number of fused-ring (bicyclic) bond motifs is 1. The molecule has 0 radical (unpaired) electrons. The van der Waals surface area contributed by atoms with E-state index in [1.54, 1.807) is 0 Å². The van der Waals surface area contributed by atoms with Crippen LogP contribution in [-0.4, -0.2) is 19.6 Å². The summed E-state index contributed by atoms with van der Waals surface area (Å²) in [6.45, 7) is 6.95. The predicted octanol–water partition coefficient (Wildman–Crippen LogP) is 5.83. The molecule has 2 aromatic carbocycles. The molecule has 1 aliphatic rings. The summed E-state index contributed by atoms with van der Waals surface area (Å²) < 4.78 is 18.8. The zero-order valence-corrected chi connectivity index (χ0v) is 18.7. The number of benzene rings is 2. The molecule has 1 unspecified atom stereocenters. The molecule has 0 saturated carbocycles. The number of hydrogen-bond donors (Lipinski definition) is 1. The van der Waals surface area contributed by atoms with Crippen LogP contribution in [0, 0.1) is 13.8 Å². The Balaban J connectivity index is 1.81. The van der Waals surface area contributed by atoms with Crippen molar-refractivity contribution in [1.29, 1.82) is 0 Å². The molecule has 3 rings (SSSR count). The SMILES string of the molecule is CCCCN1C(=O)CCc2cc(NP(=O)(Cc3ccc(C)cc3C)OC)ccc21. The molecule has 0 bridgehead atoms. The second kappa shape index (κ2) is 9.15. The van der Waals surface area contributed by atoms with E-state index in [1.807, 2.05) is 49.1 Å². The van der Waals surface area contributed by atoms with Gasteiger partial charge in [0.2, 0.25) is 5.91 Å². The zero-order valence-electron chi connectivity index (χ0n) is 17.8. The lowest BCUT2D eigenvalue weighted by Crippen LogP contribution is -2.35. The predicted molar refractivity (Wildman–Crippen MR) is 120 cm³/mol. The number of unbranched alkanes of at least 4 members (excludes halogenated alkanes) is 1. The van der Waals surface area contributed by atoms with Gasteiger partial charge >= 0.3 is 0 Å². The first-order chi connectivity index (χ1) is 13.8. The van der Waals surface area contributed by atoms with Crippen LogP contribution < -0.4 is 9.99 Å². The number of aryl methyl sites for hydroxylation is 3. The third-order valence-corrected chi connectivity index (χ3v) is 7.43. The highest BCUT2D eigenvalue weighted by Crippen LogP contribution is 2.50. The van der Waals surface area contributed by atoms with Crippen LogP contribution in [0.4, 0.5) is 11.4 Å². The molecule has 2 aromatic rings. The summed E-state index contributed by atoms with van der Waals surface area (Å²) in [5, 5.41) is 3.14. The number of amides is 1. The summed E-state index contributed by atoms with van der Waals surface area (Å²) in [7, 11) is -1.61. The Morgan fingerprint density at radius 1 is 1.14 bits per heavy atom. The fraction of sp³-hybridized carbons (Fsp3) is 0.435. The van der Waals surface area contributed by atoms with Gasteiger partial charge in [-0.15, -0.1) is 0 Å². The molecule has 1 heterocycles. The van der Waals surface area contributed by atoms with Gasteiger partial charge in [-0.25, -0.2) is 0 Å². The van der Waals surface area contributed by atoms with E-state index in [9.17, 15) is 9.36 Å². The van der Waals surface area contributed by atoms with Gasteiger partial charge in [-0.3, -0.25) is 9.36 Å². The molecule has 1 atom stereocenters. The van der Waals surface area contributed by atoms with Crippen LogP contribution in [0.5, 0.6) is 0 Å². The number of carbonyl (C=O) groups excluding carboxylic acids is 1. The topological polar surface area (TPSA) is 58.6 Å². The van der Waals surface area contributed by atoms with Crippen molar-refractivity contribution in [1.82, 2.24) is 0 Å². The minimum atomic E-state index is -3.10. The van der Waals surface area contributed by atoms with Crippen molar-refractivity contribution in [3.05, 3.63) is 58.7 Å². The maximum Gasteiger partial charge on any atom is 0.297 e. The monoisotopic (exact) mass is 414 g/mol. The van der Waals surface area contributed by atoms with E-state index < -0.39 is 7.52 Å². The Hall–Kier alpha value is -2.10. The third kappa shape index (κ3) is 5.09. The lowest BCUT2D eigenvalue weighted by Gasteiger charge is -2.30. The normalized spacial score (nSPS) is 15.7.